The zero-order valence-electron chi connectivity index (χ0n) is 12.8. The summed E-state index contributed by atoms with van der Waals surface area (Å²) in [5, 5.41) is 0. The van der Waals surface area contributed by atoms with Crippen LogP contribution in [0.25, 0.3) is 0 Å². The Labute approximate surface area is 110 Å². The highest BCUT2D eigenvalue weighted by atomic mass is 14.1. The van der Waals surface area contributed by atoms with E-state index in [1.807, 2.05) is 0 Å². The van der Waals surface area contributed by atoms with Crippen LogP contribution >= 0.6 is 0 Å². The van der Waals surface area contributed by atoms with Crippen LogP contribution in [-0.2, 0) is 0 Å². The largest absolute Gasteiger partial charge is 0.0885 e. The van der Waals surface area contributed by atoms with Crippen molar-refractivity contribution < 1.29 is 0 Å². The summed E-state index contributed by atoms with van der Waals surface area (Å²) in [5.74, 6) is 2.61. The molecule has 0 amide bonds. The van der Waals surface area contributed by atoms with E-state index in [1.165, 1.54) is 44.9 Å². The number of hydrogen-bond donors (Lipinski definition) is 0. The van der Waals surface area contributed by atoms with E-state index in [9.17, 15) is 0 Å². The fourth-order valence-corrected chi connectivity index (χ4v) is 2.09. The Balaban J connectivity index is 3.32. The average molecular weight is 238 g/mol. The highest BCUT2D eigenvalue weighted by Crippen LogP contribution is 2.17. The maximum Gasteiger partial charge on any atom is -0.0327 e. The first kappa shape index (κ1) is 16.7. The lowest BCUT2D eigenvalue weighted by molar-refractivity contribution is 0.428. The molecule has 0 aromatic heterocycles. The monoisotopic (exact) mass is 238 g/mol. The SMILES string of the molecule is CC(C)C/C=C/CCCC(C)CCCC(C)C. The Morgan fingerprint density at radius 1 is 0.706 bits per heavy atom. The van der Waals surface area contributed by atoms with Gasteiger partial charge in [0.15, 0.2) is 0 Å². The summed E-state index contributed by atoms with van der Waals surface area (Å²) in [6, 6.07) is 0. The molecule has 17 heavy (non-hydrogen) atoms. The molecular formula is C17H34. The quantitative estimate of drug-likeness (QED) is 0.313. The molecule has 1 atom stereocenters. The van der Waals surface area contributed by atoms with Crippen molar-refractivity contribution in [2.24, 2.45) is 17.8 Å². The fourth-order valence-electron chi connectivity index (χ4n) is 2.09. The minimum absolute atomic E-state index is 0.807. The second-order valence-electron chi connectivity index (χ2n) is 6.46. The van der Waals surface area contributed by atoms with Gasteiger partial charge >= 0.3 is 0 Å². The first-order valence-corrected chi connectivity index (χ1v) is 7.67. The highest BCUT2D eigenvalue weighted by molar-refractivity contribution is 4.82. The van der Waals surface area contributed by atoms with E-state index in [2.05, 4.69) is 46.8 Å². The van der Waals surface area contributed by atoms with Gasteiger partial charge in [0.2, 0.25) is 0 Å². The predicted molar refractivity (Wildman–Crippen MR) is 80.3 cm³/mol. The highest BCUT2D eigenvalue weighted by Gasteiger charge is 2.02. The van der Waals surface area contributed by atoms with E-state index in [4.69, 9.17) is 0 Å². The Hall–Kier alpha value is -0.260. The molecule has 0 N–H and O–H groups in total. The molecule has 0 fully saturated rings. The van der Waals surface area contributed by atoms with Gasteiger partial charge in [0.25, 0.3) is 0 Å². The maximum atomic E-state index is 2.41. The van der Waals surface area contributed by atoms with Crippen molar-refractivity contribution in [3.05, 3.63) is 12.2 Å². The molecule has 0 saturated heterocycles. The summed E-state index contributed by atoms with van der Waals surface area (Å²) in [7, 11) is 0. The van der Waals surface area contributed by atoms with Gasteiger partial charge in [-0.1, -0.05) is 72.5 Å². The second kappa shape index (κ2) is 10.9. The normalized spacial score (nSPS) is 14.1. The van der Waals surface area contributed by atoms with Crippen molar-refractivity contribution in [1.29, 1.82) is 0 Å². The minimum atomic E-state index is 0.807. The van der Waals surface area contributed by atoms with Crippen LogP contribution in [0.2, 0.25) is 0 Å². The van der Waals surface area contributed by atoms with Crippen LogP contribution < -0.4 is 0 Å². The van der Waals surface area contributed by atoms with Crippen molar-refractivity contribution >= 4 is 0 Å². The zero-order valence-corrected chi connectivity index (χ0v) is 12.8. The fraction of sp³-hybridized carbons (Fsp3) is 0.882. The van der Waals surface area contributed by atoms with Gasteiger partial charge in [0.1, 0.15) is 0 Å². The van der Waals surface area contributed by atoms with Crippen LogP contribution in [-0.4, -0.2) is 0 Å². The molecule has 102 valence electrons. The first-order valence-electron chi connectivity index (χ1n) is 7.67. The van der Waals surface area contributed by atoms with Gasteiger partial charge in [-0.25, -0.2) is 0 Å². The summed E-state index contributed by atoms with van der Waals surface area (Å²) in [4.78, 5) is 0. The topological polar surface area (TPSA) is 0 Å². The van der Waals surface area contributed by atoms with Gasteiger partial charge in [-0.2, -0.15) is 0 Å². The number of allylic oxidation sites excluding steroid dienone is 2. The third-order valence-corrected chi connectivity index (χ3v) is 3.32. The summed E-state index contributed by atoms with van der Waals surface area (Å²) in [6.45, 7) is 11.6. The summed E-state index contributed by atoms with van der Waals surface area (Å²) >= 11 is 0. The van der Waals surface area contributed by atoms with Crippen molar-refractivity contribution in [2.45, 2.75) is 79.6 Å². The van der Waals surface area contributed by atoms with Crippen LogP contribution in [0.1, 0.15) is 79.6 Å². The zero-order chi connectivity index (χ0) is 13.1. The average Bonchev–Trinajstić information content (AvgIpc) is 2.22. The lowest BCUT2D eigenvalue weighted by Crippen LogP contribution is -1.96. The van der Waals surface area contributed by atoms with E-state index in [0.29, 0.717) is 0 Å². The van der Waals surface area contributed by atoms with Gasteiger partial charge in [0.05, 0.1) is 0 Å². The van der Waals surface area contributed by atoms with E-state index in [1.54, 1.807) is 0 Å². The van der Waals surface area contributed by atoms with Crippen LogP contribution in [0.5, 0.6) is 0 Å². The maximum absolute atomic E-state index is 2.41. The van der Waals surface area contributed by atoms with Gasteiger partial charge < -0.3 is 0 Å². The molecule has 0 rings (SSSR count). The third-order valence-electron chi connectivity index (χ3n) is 3.32. The number of unbranched alkanes of at least 4 members (excludes halogenated alkanes) is 1. The van der Waals surface area contributed by atoms with Crippen LogP contribution in [0.3, 0.4) is 0 Å². The smallest absolute Gasteiger partial charge is 0.0327 e. The van der Waals surface area contributed by atoms with Crippen LogP contribution in [0.15, 0.2) is 12.2 Å². The lowest BCUT2D eigenvalue weighted by atomic mass is 9.95. The molecule has 0 spiro atoms. The molecule has 0 aromatic rings. The molecule has 0 bridgehead atoms. The van der Waals surface area contributed by atoms with Crippen LogP contribution in [0.4, 0.5) is 0 Å². The Kier molecular flexibility index (Phi) is 10.7. The Morgan fingerprint density at radius 2 is 1.35 bits per heavy atom. The van der Waals surface area contributed by atoms with E-state index < -0.39 is 0 Å². The van der Waals surface area contributed by atoms with E-state index in [0.717, 1.165) is 17.8 Å². The molecule has 0 aliphatic heterocycles. The van der Waals surface area contributed by atoms with E-state index in [-0.39, 0.29) is 0 Å². The van der Waals surface area contributed by atoms with Gasteiger partial charge in [0, 0.05) is 0 Å². The lowest BCUT2D eigenvalue weighted by Gasteiger charge is -2.11. The third kappa shape index (κ3) is 13.7. The van der Waals surface area contributed by atoms with Gasteiger partial charge in [-0.05, 0) is 37.0 Å². The molecule has 0 aliphatic carbocycles. The van der Waals surface area contributed by atoms with Crippen molar-refractivity contribution in [2.75, 3.05) is 0 Å². The standard InChI is InChI=1S/C17H34/c1-15(2)11-8-6-7-9-13-17(5)14-10-12-16(3)4/h6,8,15-17H,7,9-14H2,1-5H3/b8-6+. The molecule has 0 heterocycles. The molecule has 1 unspecified atom stereocenters. The summed E-state index contributed by atoms with van der Waals surface area (Å²) < 4.78 is 0. The number of hydrogen-bond acceptors (Lipinski definition) is 0. The molecule has 0 saturated carbocycles. The number of rotatable bonds is 10. The summed E-state index contributed by atoms with van der Waals surface area (Å²) in [6.07, 6.45) is 14.3. The Bertz CT molecular complexity index is 176. The van der Waals surface area contributed by atoms with Gasteiger partial charge in [-0.15, -0.1) is 0 Å². The minimum Gasteiger partial charge on any atom is -0.0885 e. The first-order chi connectivity index (χ1) is 8.02. The molecule has 0 nitrogen and oxygen atoms in total. The van der Waals surface area contributed by atoms with Gasteiger partial charge in [-0.3, -0.25) is 0 Å². The van der Waals surface area contributed by atoms with Crippen molar-refractivity contribution in [1.82, 2.24) is 0 Å². The molecule has 0 heteroatoms. The van der Waals surface area contributed by atoms with Crippen LogP contribution in [0, 0.1) is 17.8 Å². The van der Waals surface area contributed by atoms with Crippen molar-refractivity contribution in [3.63, 3.8) is 0 Å². The van der Waals surface area contributed by atoms with E-state index >= 15 is 0 Å². The molecular weight excluding hydrogens is 204 g/mol. The molecule has 0 radical (unpaired) electrons. The molecule has 0 aromatic carbocycles. The Morgan fingerprint density at radius 3 is 1.94 bits per heavy atom. The predicted octanol–water partition coefficient (Wildman–Crippen LogP) is 6.22. The van der Waals surface area contributed by atoms with Crippen molar-refractivity contribution in [3.8, 4) is 0 Å². The molecule has 0 aliphatic rings. The summed E-state index contributed by atoms with van der Waals surface area (Å²) in [5.41, 5.74) is 0. The second-order valence-corrected chi connectivity index (χ2v) is 6.46.